The van der Waals surface area contributed by atoms with E-state index in [1.165, 1.54) is 108 Å². The van der Waals surface area contributed by atoms with E-state index in [-0.39, 0.29) is 5.41 Å². The topological polar surface area (TPSA) is 4.93 Å². The molecule has 276 valence electrons. The Balaban J connectivity index is 1.08. The van der Waals surface area contributed by atoms with Gasteiger partial charge in [0.25, 0.3) is 0 Å². The van der Waals surface area contributed by atoms with Crippen molar-refractivity contribution in [3.63, 3.8) is 0 Å². The molecule has 9 aromatic carbocycles. The number of hydrogen-bond donors (Lipinski definition) is 0. The summed E-state index contributed by atoms with van der Waals surface area (Å²) >= 11 is 1.91. The minimum atomic E-state index is 0.0144. The van der Waals surface area contributed by atoms with Crippen molar-refractivity contribution >= 4 is 74.9 Å². The first-order chi connectivity index (χ1) is 28.4. The van der Waals surface area contributed by atoms with Crippen LogP contribution in [0, 0.1) is 6.42 Å². The van der Waals surface area contributed by atoms with Gasteiger partial charge in [0.05, 0.1) is 27.2 Å². The third-order valence-corrected chi connectivity index (χ3v) is 13.4. The fraction of sp³-hybridized carbons (Fsp3) is 0.0893. The molecule has 0 aliphatic heterocycles. The van der Waals surface area contributed by atoms with Crippen molar-refractivity contribution in [2.75, 3.05) is 0 Å². The number of nitrogens with zero attached hydrogens (tertiary/aromatic N) is 1. The van der Waals surface area contributed by atoms with E-state index in [1.54, 1.807) is 0 Å². The molecule has 0 bridgehead atoms. The molecule has 11 aromatic rings. The quantitative estimate of drug-likeness (QED) is 0.122. The maximum absolute atomic E-state index is 2.45. The highest BCUT2D eigenvalue weighted by Gasteiger charge is 2.22. The van der Waals surface area contributed by atoms with Gasteiger partial charge in [0, 0.05) is 52.0 Å². The van der Waals surface area contributed by atoms with Crippen LogP contribution < -0.4 is 0 Å². The molecule has 0 N–H and O–H groups in total. The Morgan fingerprint density at radius 2 is 1.02 bits per heavy atom. The smallest absolute Gasteiger partial charge is 0.130 e. The van der Waals surface area contributed by atoms with Gasteiger partial charge < -0.3 is 4.57 Å². The van der Waals surface area contributed by atoms with Gasteiger partial charge in [-0.25, -0.2) is 0 Å². The minimum absolute atomic E-state index is 0.0144. The van der Waals surface area contributed by atoms with Gasteiger partial charge in [-0.05, 0) is 108 Å². The molecule has 2 aromatic heterocycles. The largest absolute Gasteiger partial charge is 0.309 e. The van der Waals surface area contributed by atoms with Crippen molar-refractivity contribution in [3.8, 4) is 39.1 Å². The summed E-state index contributed by atoms with van der Waals surface area (Å²) in [6, 6.07) is 65.6. The second-order valence-corrected chi connectivity index (χ2v) is 17.7. The molecule has 1 nitrogen and oxygen atoms in total. The van der Waals surface area contributed by atoms with Crippen molar-refractivity contribution in [3.05, 3.63) is 193 Å². The first kappa shape index (κ1) is 34.6. The van der Waals surface area contributed by atoms with Gasteiger partial charge in [0.2, 0.25) is 0 Å². The highest BCUT2D eigenvalue weighted by Crippen LogP contribution is 2.46. The molecule has 0 radical (unpaired) electrons. The standard InChI is InChI=1S/C56H42NS/c1-5-35-23-30-52-48(31-35)49-34-39(56(2,3)4)33-46(55(49)58-52)38-26-29-51-47(32-38)41-17-13-14-22-50(41)57(51)40-27-24-37(25-28-40)54-44-20-11-9-18-42(44)53(36-15-7-6-8-16-36)43-19-10-12-21-45(43)54/h5-34H,1-4H3/q+1. The summed E-state index contributed by atoms with van der Waals surface area (Å²) in [5, 5.41) is 10.3. The van der Waals surface area contributed by atoms with Gasteiger partial charge in [-0.2, -0.15) is 0 Å². The number of rotatable bonds is 5. The molecule has 0 fully saturated rings. The van der Waals surface area contributed by atoms with Crippen LogP contribution >= 0.6 is 11.3 Å². The van der Waals surface area contributed by atoms with Gasteiger partial charge in [0.15, 0.2) is 0 Å². The number of para-hydroxylation sites is 1. The number of aromatic nitrogens is 1. The zero-order valence-electron chi connectivity index (χ0n) is 33.2. The van der Waals surface area contributed by atoms with Crippen molar-refractivity contribution in [2.24, 2.45) is 0 Å². The highest BCUT2D eigenvalue weighted by molar-refractivity contribution is 7.26. The summed E-state index contributed by atoms with van der Waals surface area (Å²) < 4.78 is 5.13. The molecular weight excluding hydrogens is 719 g/mol. The number of fused-ring (bicyclic) bond motifs is 8. The molecular formula is C56H42NS+. The van der Waals surface area contributed by atoms with Crippen LogP contribution in [0.3, 0.4) is 0 Å². The van der Waals surface area contributed by atoms with Crippen molar-refractivity contribution in [1.82, 2.24) is 4.57 Å². The fourth-order valence-electron chi connectivity index (χ4n) is 9.27. The number of benzene rings is 9. The maximum atomic E-state index is 2.45. The van der Waals surface area contributed by atoms with E-state index in [9.17, 15) is 0 Å². The summed E-state index contributed by atoms with van der Waals surface area (Å²) in [4.78, 5) is 0. The molecule has 0 saturated heterocycles. The number of thiophene rings is 1. The second-order valence-electron chi connectivity index (χ2n) is 16.6. The Bertz CT molecular complexity index is 3330. The zero-order chi connectivity index (χ0) is 39.1. The van der Waals surface area contributed by atoms with Gasteiger partial charge in [0.1, 0.15) is 5.56 Å². The first-order valence-electron chi connectivity index (χ1n) is 20.3. The van der Waals surface area contributed by atoms with Crippen molar-refractivity contribution < 1.29 is 0 Å². The van der Waals surface area contributed by atoms with Crippen LogP contribution in [0.5, 0.6) is 0 Å². The van der Waals surface area contributed by atoms with Gasteiger partial charge >= 0.3 is 0 Å². The Morgan fingerprint density at radius 3 is 1.66 bits per heavy atom. The molecule has 0 aliphatic carbocycles. The van der Waals surface area contributed by atoms with E-state index in [2.05, 4.69) is 215 Å². The van der Waals surface area contributed by atoms with Gasteiger partial charge in [-0.1, -0.05) is 136 Å². The van der Waals surface area contributed by atoms with Crippen LogP contribution in [0.1, 0.15) is 38.8 Å². The molecule has 2 heterocycles. The van der Waals surface area contributed by atoms with Crippen LogP contribution in [0.15, 0.2) is 176 Å². The predicted octanol–water partition coefficient (Wildman–Crippen LogP) is 16.3. The summed E-state index contributed by atoms with van der Waals surface area (Å²) in [7, 11) is 0. The summed E-state index contributed by atoms with van der Waals surface area (Å²) in [6.45, 7) is 9.09. The third-order valence-electron chi connectivity index (χ3n) is 12.2. The molecule has 0 aliphatic rings. The summed E-state index contributed by atoms with van der Waals surface area (Å²) in [6.07, 6.45) is 2.20. The number of hydrogen-bond acceptors (Lipinski definition) is 1. The van der Waals surface area contributed by atoms with E-state index >= 15 is 0 Å². The van der Waals surface area contributed by atoms with E-state index in [1.807, 2.05) is 11.3 Å². The molecule has 0 unspecified atom stereocenters. The van der Waals surface area contributed by atoms with Gasteiger partial charge in [-0.3, -0.25) is 0 Å². The van der Waals surface area contributed by atoms with E-state index in [4.69, 9.17) is 0 Å². The Kier molecular flexibility index (Phi) is 7.90. The maximum Gasteiger partial charge on any atom is 0.130 e. The molecule has 0 atom stereocenters. The molecule has 11 rings (SSSR count). The van der Waals surface area contributed by atoms with E-state index in [0.29, 0.717) is 0 Å². The summed E-state index contributed by atoms with van der Waals surface area (Å²) in [5.41, 5.74) is 13.8. The van der Waals surface area contributed by atoms with Gasteiger partial charge in [-0.15, -0.1) is 11.3 Å². The van der Waals surface area contributed by atoms with Crippen molar-refractivity contribution in [2.45, 2.75) is 33.1 Å². The SMILES string of the molecule is C[CH+]c1ccc2sc3c(-c4ccc5c(c4)c4ccccc4n5-c4ccc(-c5c6ccccc6c(-c6ccccc6)c6ccccc56)cc4)cc(C(C)(C)C)cc3c2c1. The fourth-order valence-corrected chi connectivity index (χ4v) is 10.5. The lowest BCUT2D eigenvalue weighted by atomic mass is 9.84. The first-order valence-corrected chi connectivity index (χ1v) is 21.1. The average molecular weight is 761 g/mol. The lowest BCUT2D eigenvalue weighted by Crippen LogP contribution is -2.10. The Morgan fingerprint density at radius 1 is 0.448 bits per heavy atom. The molecule has 58 heavy (non-hydrogen) atoms. The highest BCUT2D eigenvalue weighted by atomic mass is 32.1. The zero-order valence-corrected chi connectivity index (χ0v) is 34.0. The third kappa shape index (κ3) is 5.40. The lowest BCUT2D eigenvalue weighted by molar-refractivity contribution is 0.591. The molecule has 0 spiro atoms. The van der Waals surface area contributed by atoms with Crippen molar-refractivity contribution in [1.29, 1.82) is 0 Å². The predicted molar refractivity (Wildman–Crippen MR) is 253 cm³/mol. The van der Waals surface area contributed by atoms with Crippen LogP contribution in [0.2, 0.25) is 0 Å². The molecule has 0 amide bonds. The lowest BCUT2D eigenvalue weighted by Gasteiger charge is -2.21. The second kappa shape index (κ2) is 13.2. The van der Waals surface area contributed by atoms with Crippen LogP contribution in [-0.4, -0.2) is 4.57 Å². The molecule has 2 heteroatoms. The van der Waals surface area contributed by atoms with Crippen LogP contribution in [0.25, 0.3) is 103 Å². The minimum Gasteiger partial charge on any atom is -0.309 e. The van der Waals surface area contributed by atoms with Crippen LogP contribution in [-0.2, 0) is 5.41 Å². The summed E-state index contributed by atoms with van der Waals surface area (Å²) in [5.74, 6) is 0. The Labute approximate surface area is 343 Å². The Hall–Kier alpha value is -6.61. The molecule has 0 saturated carbocycles. The average Bonchev–Trinajstić information content (AvgIpc) is 3.80. The monoisotopic (exact) mass is 760 g/mol. The van der Waals surface area contributed by atoms with E-state index < -0.39 is 0 Å². The van der Waals surface area contributed by atoms with E-state index in [0.717, 1.165) is 5.69 Å². The normalized spacial score (nSPS) is 12.1. The van der Waals surface area contributed by atoms with Crippen LogP contribution in [0.4, 0.5) is 0 Å².